The van der Waals surface area contributed by atoms with Crippen LogP contribution >= 0.6 is 0 Å². The Morgan fingerprint density at radius 2 is 1.44 bits per heavy atom. The van der Waals surface area contributed by atoms with Gasteiger partial charge in [0.05, 0.1) is 16.3 Å². The number of hydrogen-bond acceptors (Lipinski definition) is 6. The van der Waals surface area contributed by atoms with Gasteiger partial charge >= 0.3 is 0 Å². The molecule has 0 radical (unpaired) electrons. The molecule has 1 amide bonds. The smallest absolute Gasteiger partial charge is 0.243 e. The normalized spacial score (nSPS) is 12.5. The highest BCUT2D eigenvalue weighted by atomic mass is 32.2. The van der Waals surface area contributed by atoms with Crippen LogP contribution in [0.4, 0.5) is 10.1 Å². The van der Waals surface area contributed by atoms with Crippen LogP contribution in [-0.2, 0) is 24.8 Å². The highest BCUT2D eigenvalue weighted by Crippen LogP contribution is 2.20. The Morgan fingerprint density at radius 1 is 0.882 bits per heavy atom. The van der Waals surface area contributed by atoms with Crippen molar-refractivity contribution in [2.24, 2.45) is 0 Å². The molecule has 0 aliphatic rings. The summed E-state index contributed by atoms with van der Waals surface area (Å²) in [6.07, 6.45) is 0. The summed E-state index contributed by atoms with van der Waals surface area (Å²) in [5, 5.41) is 2.51. The summed E-state index contributed by atoms with van der Waals surface area (Å²) in [6, 6.07) is 10.2. The number of rotatable bonds is 12. The van der Waals surface area contributed by atoms with Crippen molar-refractivity contribution in [1.29, 1.82) is 0 Å². The van der Waals surface area contributed by atoms with E-state index in [1.165, 1.54) is 56.6 Å². The van der Waals surface area contributed by atoms with Gasteiger partial charge in [0.2, 0.25) is 26.0 Å². The number of nitrogens with zero attached hydrogens (tertiary/aromatic N) is 3. The third-order valence-electron chi connectivity index (χ3n) is 5.23. The fourth-order valence-corrected chi connectivity index (χ4v) is 5.44. The fraction of sp³-hybridized carbons (Fsp3) is 0.409. The van der Waals surface area contributed by atoms with Crippen molar-refractivity contribution in [3.63, 3.8) is 0 Å². The third kappa shape index (κ3) is 7.06. The van der Waals surface area contributed by atoms with Crippen molar-refractivity contribution in [1.82, 2.24) is 13.5 Å². The molecule has 188 valence electrons. The van der Waals surface area contributed by atoms with Crippen molar-refractivity contribution in [3.05, 3.63) is 54.3 Å². The minimum Gasteiger partial charge on any atom is -0.325 e. The number of carbonyl (C=O) groups is 1. The number of sulfonamides is 2. The maximum absolute atomic E-state index is 13.4. The van der Waals surface area contributed by atoms with Gasteiger partial charge in [-0.1, -0.05) is 19.9 Å². The monoisotopic (exact) mass is 514 g/mol. The predicted molar refractivity (Wildman–Crippen MR) is 129 cm³/mol. The van der Waals surface area contributed by atoms with E-state index >= 15 is 0 Å². The van der Waals surface area contributed by atoms with Gasteiger partial charge < -0.3 is 10.2 Å². The molecule has 2 aromatic rings. The van der Waals surface area contributed by atoms with Crippen LogP contribution in [-0.4, -0.2) is 83.1 Å². The zero-order valence-electron chi connectivity index (χ0n) is 19.7. The van der Waals surface area contributed by atoms with Gasteiger partial charge in [0, 0.05) is 32.9 Å². The Morgan fingerprint density at radius 3 is 1.94 bits per heavy atom. The molecule has 0 heterocycles. The third-order valence-corrected chi connectivity index (χ3v) is 8.92. The number of likely N-dealkylation sites (N-methyl/N-ethyl adjacent to an activating group) is 1. The number of halogens is 1. The molecular formula is C22H31FN4O5S2. The Labute approximate surface area is 201 Å². The zero-order valence-corrected chi connectivity index (χ0v) is 21.4. The molecule has 0 saturated carbocycles. The number of benzene rings is 2. The zero-order chi connectivity index (χ0) is 25.5. The highest BCUT2D eigenvalue weighted by Gasteiger charge is 2.28. The van der Waals surface area contributed by atoms with Crippen molar-refractivity contribution in [2.75, 3.05) is 52.1 Å². The topological polar surface area (TPSA) is 107 Å². The van der Waals surface area contributed by atoms with Gasteiger partial charge in [0.25, 0.3) is 0 Å². The van der Waals surface area contributed by atoms with E-state index in [2.05, 4.69) is 5.32 Å². The van der Waals surface area contributed by atoms with E-state index in [9.17, 15) is 26.0 Å². The number of nitrogens with one attached hydrogen (secondary N) is 1. The Balaban J connectivity index is 2.31. The van der Waals surface area contributed by atoms with Gasteiger partial charge in [-0.25, -0.2) is 25.5 Å². The Hall–Kier alpha value is -2.38. The van der Waals surface area contributed by atoms with E-state index < -0.39 is 38.3 Å². The molecule has 0 aliphatic heterocycles. The number of carbonyl (C=O) groups excluding carboxylic acids is 1. The second-order valence-corrected chi connectivity index (χ2v) is 11.8. The van der Waals surface area contributed by atoms with E-state index in [1.54, 1.807) is 0 Å². The van der Waals surface area contributed by atoms with Gasteiger partial charge in [0.15, 0.2) is 0 Å². The second kappa shape index (κ2) is 11.8. The molecule has 0 spiro atoms. The van der Waals surface area contributed by atoms with E-state index in [0.29, 0.717) is 19.6 Å². The standard InChI is InChI=1S/C22H31FN4O5S2/c1-5-26(6-2)14-15-27(17-22(28)24-19-9-7-8-18(23)16-19)34(31,32)21-12-10-20(11-13-21)33(29,30)25(3)4/h7-13,16H,5-6,14-15,17H2,1-4H3,(H,24,28). The lowest BCUT2D eigenvalue weighted by molar-refractivity contribution is -0.116. The molecule has 0 saturated heterocycles. The number of amides is 1. The van der Waals surface area contributed by atoms with Gasteiger partial charge in [-0.2, -0.15) is 4.31 Å². The molecule has 0 aliphatic carbocycles. The van der Waals surface area contributed by atoms with Crippen molar-refractivity contribution < 1.29 is 26.0 Å². The molecule has 0 unspecified atom stereocenters. The molecule has 9 nitrogen and oxygen atoms in total. The van der Waals surface area contributed by atoms with Crippen LogP contribution in [0.3, 0.4) is 0 Å². The molecule has 12 heteroatoms. The summed E-state index contributed by atoms with van der Waals surface area (Å²) < 4.78 is 66.8. The van der Waals surface area contributed by atoms with E-state index in [4.69, 9.17) is 0 Å². The van der Waals surface area contributed by atoms with Crippen LogP contribution in [0.1, 0.15) is 13.8 Å². The van der Waals surface area contributed by atoms with E-state index in [1.807, 2.05) is 18.7 Å². The first-order valence-corrected chi connectivity index (χ1v) is 13.6. The lowest BCUT2D eigenvalue weighted by atomic mass is 10.3. The molecule has 0 atom stereocenters. The summed E-state index contributed by atoms with van der Waals surface area (Å²) in [6.45, 7) is 5.25. The van der Waals surface area contributed by atoms with Gasteiger partial charge in [-0.3, -0.25) is 4.79 Å². The summed E-state index contributed by atoms with van der Waals surface area (Å²) in [7, 11) is -5.09. The highest BCUT2D eigenvalue weighted by molar-refractivity contribution is 7.89. The first-order chi connectivity index (χ1) is 15.9. The minimum atomic E-state index is -4.13. The first-order valence-electron chi connectivity index (χ1n) is 10.7. The van der Waals surface area contributed by atoms with Gasteiger partial charge in [0.1, 0.15) is 5.82 Å². The van der Waals surface area contributed by atoms with Crippen LogP contribution in [0.5, 0.6) is 0 Å². The summed E-state index contributed by atoms with van der Waals surface area (Å²) in [5.41, 5.74) is 0.212. The van der Waals surface area contributed by atoms with Crippen LogP contribution in [0, 0.1) is 5.82 Å². The molecular weight excluding hydrogens is 483 g/mol. The molecule has 34 heavy (non-hydrogen) atoms. The average molecular weight is 515 g/mol. The molecule has 0 bridgehead atoms. The average Bonchev–Trinajstić information content (AvgIpc) is 2.78. The van der Waals surface area contributed by atoms with Crippen LogP contribution in [0.25, 0.3) is 0 Å². The van der Waals surface area contributed by atoms with Crippen LogP contribution < -0.4 is 5.32 Å². The van der Waals surface area contributed by atoms with Crippen molar-refractivity contribution >= 4 is 31.6 Å². The summed E-state index contributed by atoms with van der Waals surface area (Å²) >= 11 is 0. The molecule has 0 fully saturated rings. The van der Waals surface area contributed by atoms with E-state index in [-0.39, 0.29) is 22.0 Å². The minimum absolute atomic E-state index is 0.0400. The maximum Gasteiger partial charge on any atom is 0.243 e. The molecule has 2 aromatic carbocycles. The lowest BCUT2D eigenvalue weighted by Crippen LogP contribution is -2.42. The van der Waals surface area contributed by atoms with Crippen molar-refractivity contribution in [3.8, 4) is 0 Å². The fourth-order valence-electron chi connectivity index (χ4n) is 3.15. The number of anilines is 1. The predicted octanol–water partition coefficient (Wildman–Crippen LogP) is 2.05. The lowest BCUT2D eigenvalue weighted by Gasteiger charge is -2.25. The summed E-state index contributed by atoms with van der Waals surface area (Å²) in [4.78, 5) is 14.4. The SMILES string of the molecule is CCN(CC)CCN(CC(=O)Nc1cccc(F)c1)S(=O)(=O)c1ccc(S(=O)(=O)N(C)C)cc1. The quantitative estimate of drug-likeness (QED) is 0.465. The molecule has 1 N–H and O–H groups in total. The van der Waals surface area contributed by atoms with Gasteiger partial charge in [-0.05, 0) is 55.6 Å². The van der Waals surface area contributed by atoms with Crippen LogP contribution in [0.2, 0.25) is 0 Å². The molecule has 0 aromatic heterocycles. The maximum atomic E-state index is 13.4. The van der Waals surface area contributed by atoms with Gasteiger partial charge in [-0.15, -0.1) is 0 Å². The van der Waals surface area contributed by atoms with Crippen LogP contribution in [0.15, 0.2) is 58.3 Å². The molecule has 2 rings (SSSR count). The first kappa shape index (κ1) is 27.9. The Bertz CT molecular complexity index is 1180. The second-order valence-electron chi connectivity index (χ2n) is 7.68. The van der Waals surface area contributed by atoms with Crippen molar-refractivity contribution in [2.45, 2.75) is 23.6 Å². The Kier molecular flexibility index (Phi) is 9.71. The summed E-state index contributed by atoms with van der Waals surface area (Å²) in [5.74, 6) is -1.16. The largest absolute Gasteiger partial charge is 0.325 e. The van der Waals surface area contributed by atoms with E-state index in [0.717, 1.165) is 14.7 Å². The number of hydrogen-bond donors (Lipinski definition) is 1.